The molecule has 0 saturated heterocycles. The van der Waals surface area contributed by atoms with E-state index < -0.39 is 0 Å². The fraction of sp³-hybridized carbons (Fsp3) is 0.643. The van der Waals surface area contributed by atoms with E-state index in [0.29, 0.717) is 6.04 Å². The Kier molecular flexibility index (Phi) is 5.05. The van der Waals surface area contributed by atoms with E-state index in [0.717, 1.165) is 19.3 Å². The van der Waals surface area contributed by atoms with E-state index in [-0.39, 0.29) is 12.1 Å². The molecule has 2 N–H and O–H groups in total. The Morgan fingerprint density at radius 2 is 2.22 bits per heavy atom. The van der Waals surface area contributed by atoms with Crippen molar-refractivity contribution in [2.45, 2.75) is 57.5 Å². The summed E-state index contributed by atoms with van der Waals surface area (Å²) in [6.07, 6.45) is 6.98. The van der Waals surface area contributed by atoms with E-state index in [1.807, 2.05) is 0 Å². The molecule has 1 aliphatic carbocycles. The highest BCUT2D eigenvalue weighted by atomic mass is 32.1. The van der Waals surface area contributed by atoms with Gasteiger partial charge in [0.15, 0.2) is 0 Å². The van der Waals surface area contributed by atoms with Crippen molar-refractivity contribution in [2.24, 2.45) is 0 Å². The summed E-state index contributed by atoms with van der Waals surface area (Å²) < 4.78 is 0. The van der Waals surface area contributed by atoms with Gasteiger partial charge in [0.2, 0.25) is 0 Å². The van der Waals surface area contributed by atoms with Crippen LogP contribution in [0.3, 0.4) is 0 Å². The van der Waals surface area contributed by atoms with Crippen LogP contribution in [0.15, 0.2) is 17.5 Å². The standard InChI is InChI=1S/C14H22N2OS/c1-11(10-13-8-5-9-18-13)15-14(17)16-12-6-3-2-4-7-12/h5,8-9,11-12H,2-4,6-7,10H2,1H3,(H2,15,16,17)/t11-/m0/s1. The highest BCUT2D eigenvalue weighted by molar-refractivity contribution is 7.09. The number of rotatable bonds is 4. The minimum atomic E-state index is -0.00837. The van der Waals surface area contributed by atoms with Gasteiger partial charge in [-0.05, 0) is 31.2 Å². The van der Waals surface area contributed by atoms with Gasteiger partial charge >= 0.3 is 6.03 Å². The van der Waals surface area contributed by atoms with Crippen molar-refractivity contribution in [1.29, 1.82) is 0 Å². The van der Waals surface area contributed by atoms with Gasteiger partial charge in [-0.3, -0.25) is 0 Å². The van der Waals surface area contributed by atoms with Crippen LogP contribution in [0.2, 0.25) is 0 Å². The van der Waals surface area contributed by atoms with Crippen LogP contribution in [0.5, 0.6) is 0 Å². The van der Waals surface area contributed by atoms with Crippen LogP contribution in [0.25, 0.3) is 0 Å². The summed E-state index contributed by atoms with van der Waals surface area (Å²) in [4.78, 5) is 13.2. The van der Waals surface area contributed by atoms with Gasteiger partial charge in [0.25, 0.3) is 0 Å². The van der Waals surface area contributed by atoms with Crippen LogP contribution in [0, 0.1) is 0 Å². The summed E-state index contributed by atoms with van der Waals surface area (Å²) in [6.45, 7) is 2.06. The Balaban J connectivity index is 1.69. The summed E-state index contributed by atoms with van der Waals surface area (Å²) >= 11 is 1.74. The fourth-order valence-electron chi connectivity index (χ4n) is 2.48. The maximum Gasteiger partial charge on any atom is 0.315 e. The molecule has 1 fully saturated rings. The normalized spacial score (nSPS) is 18.3. The highest BCUT2D eigenvalue weighted by Gasteiger charge is 2.16. The lowest BCUT2D eigenvalue weighted by Crippen LogP contribution is -2.46. The monoisotopic (exact) mass is 266 g/mol. The first kappa shape index (κ1) is 13.4. The van der Waals surface area contributed by atoms with Crippen molar-refractivity contribution in [3.05, 3.63) is 22.4 Å². The Labute approximate surface area is 113 Å². The molecule has 0 aliphatic heterocycles. The average Bonchev–Trinajstić information content (AvgIpc) is 2.82. The molecule has 4 heteroatoms. The highest BCUT2D eigenvalue weighted by Crippen LogP contribution is 2.17. The van der Waals surface area contributed by atoms with Crippen LogP contribution in [0.1, 0.15) is 43.9 Å². The summed E-state index contributed by atoms with van der Waals surface area (Å²) in [7, 11) is 0. The molecule has 2 amide bonds. The van der Waals surface area contributed by atoms with Crippen molar-refractivity contribution in [3.63, 3.8) is 0 Å². The van der Waals surface area contributed by atoms with Crippen molar-refractivity contribution in [3.8, 4) is 0 Å². The zero-order chi connectivity index (χ0) is 12.8. The quantitative estimate of drug-likeness (QED) is 0.862. The fourth-order valence-corrected chi connectivity index (χ4v) is 3.31. The molecule has 2 rings (SSSR count). The molecule has 1 aromatic heterocycles. The smallest absolute Gasteiger partial charge is 0.315 e. The molecular weight excluding hydrogens is 244 g/mol. The lowest BCUT2D eigenvalue weighted by Gasteiger charge is -2.24. The minimum absolute atomic E-state index is 0.00837. The molecule has 18 heavy (non-hydrogen) atoms. The number of amides is 2. The topological polar surface area (TPSA) is 41.1 Å². The van der Waals surface area contributed by atoms with E-state index in [9.17, 15) is 4.79 Å². The van der Waals surface area contributed by atoms with E-state index in [2.05, 4.69) is 35.1 Å². The Bertz CT molecular complexity index is 358. The van der Waals surface area contributed by atoms with Gasteiger partial charge in [-0.15, -0.1) is 11.3 Å². The van der Waals surface area contributed by atoms with Crippen molar-refractivity contribution >= 4 is 17.4 Å². The number of hydrogen-bond donors (Lipinski definition) is 2. The molecule has 1 atom stereocenters. The summed E-state index contributed by atoms with van der Waals surface area (Å²) in [6, 6.07) is 4.72. The first-order chi connectivity index (χ1) is 8.74. The third kappa shape index (κ3) is 4.33. The minimum Gasteiger partial charge on any atom is -0.335 e. The second-order valence-corrected chi connectivity index (χ2v) is 6.17. The van der Waals surface area contributed by atoms with Crippen LogP contribution >= 0.6 is 11.3 Å². The van der Waals surface area contributed by atoms with Gasteiger partial charge in [-0.2, -0.15) is 0 Å². The second-order valence-electron chi connectivity index (χ2n) is 5.14. The van der Waals surface area contributed by atoms with Gasteiger partial charge in [0.1, 0.15) is 0 Å². The molecule has 0 spiro atoms. The van der Waals surface area contributed by atoms with E-state index >= 15 is 0 Å². The van der Waals surface area contributed by atoms with Gasteiger partial charge in [-0.25, -0.2) is 4.79 Å². The molecule has 1 aromatic rings. The first-order valence-corrected chi connectivity index (χ1v) is 7.71. The average molecular weight is 266 g/mol. The Morgan fingerprint density at radius 1 is 1.44 bits per heavy atom. The maximum absolute atomic E-state index is 11.8. The van der Waals surface area contributed by atoms with Gasteiger partial charge in [0, 0.05) is 23.4 Å². The van der Waals surface area contributed by atoms with Crippen LogP contribution in [-0.2, 0) is 6.42 Å². The number of urea groups is 1. The number of carbonyl (C=O) groups is 1. The lowest BCUT2D eigenvalue weighted by atomic mass is 9.96. The predicted molar refractivity (Wildman–Crippen MR) is 76.0 cm³/mol. The number of hydrogen-bond acceptors (Lipinski definition) is 2. The molecule has 1 heterocycles. The third-order valence-corrected chi connectivity index (χ3v) is 4.30. The molecule has 0 radical (unpaired) electrons. The molecule has 1 saturated carbocycles. The van der Waals surface area contributed by atoms with Gasteiger partial charge in [-0.1, -0.05) is 25.3 Å². The zero-order valence-electron chi connectivity index (χ0n) is 10.9. The van der Waals surface area contributed by atoms with Crippen molar-refractivity contribution in [1.82, 2.24) is 10.6 Å². The number of thiophene rings is 1. The molecule has 0 bridgehead atoms. The molecule has 3 nitrogen and oxygen atoms in total. The largest absolute Gasteiger partial charge is 0.335 e. The number of nitrogens with one attached hydrogen (secondary N) is 2. The van der Waals surface area contributed by atoms with Crippen LogP contribution in [-0.4, -0.2) is 18.1 Å². The zero-order valence-corrected chi connectivity index (χ0v) is 11.8. The second kappa shape index (κ2) is 6.78. The SMILES string of the molecule is C[C@@H](Cc1cccs1)NC(=O)NC1CCCCC1. The molecule has 100 valence electrons. The summed E-state index contributed by atoms with van der Waals surface area (Å²) in [5.74, 6) is 0. The maximum atomic E-state index is 11.8. The lowest BCUT2D eigenvalue weighted by molar-refractivity contribution is 0.229. The third-order valence-electron chi connectivity index (χ3n) is 3.41. The molecule has 0 aromatic carbocycles. The Morgan fingerprint density at radius 3 is 2.89 bits per heavy atom. The number of carbonyl (C=O) groups excluding carboxylic acids is 1. The Hall–Kier alpha value is -1.03. The predicted octanol–water partition coefficient (Wildman–Crippen LogP) is 3.31. The summed E-state index contributed by atoms with van der Waals surface area (Å²) in [5.41, 5.74) is 0. The molecular formula is C14H22N2OS. The first-order valence-electron chi connectivity index (χ1n) is 6.83. The molecule has 0 unspecified atom stereocenters. The van der Waals surface area contributed by atoms with Crippen molar-refractivity contribution in [2.75, 3.05) is 0 Å². The van der Waals surface area contributed by atoms with E-state index in [1.165, 1.54) is 24.1 Å². The molecule has 1 aliphatic rings. The van der Waals surface area contributed by atoms with Crippen LogP contribution < -0.4 is 10.6 Å². The van der Waals surface area contributed by atoms with Crippen molar-refractivity contribution < 1.29 is 4.79 Å². The van der Waals surface area contributed by atoms with Crippen LogP contribution in [0.4, 0.5) is 4.79 Å². The van der Waals surface area contributed by atoms with Gasteiger partial charge < -0.3 is 10.6 Å². The summed E-state index contributed by atoms with van der Waals surface area (Å²) in [5, 5.41) is 8.18. The van der Waals surface area contributed by atoms with E-state index in [1.54, 1.807) is 11.3 Å². The van der Waals surface area contributed by atoms with E-state index in [4.69, 9.17) is 0 Å². The van der Waals surface area contributed by atoms with Gasteiger partial charge in [0.05, 0.1) is 0 Å².